The van der Waals surface area contributed by atoms with Crippen LogP contribution in [0.25, 0.3) is 0 Å². The number of anilines is 3. The number of aromatic nitrogens is 1. The van der Waals surface area contributed by atoms with Gasteiger partial charge >= 0.3 is 6.18 Å². The summed E-state index contributed by atoms with van der Waals surface area (Å²) in [5.41, 5.74) is -1.96. The Morgan fingerprint density at radius 1 is 1.02 bits per heavy atom. The maximum atomic E-state index is 13.7. The summed E-state index contributed by atoms with van der Waals surface area (Å²) in [6.07, 6.45) is 1.16. The number of thiocarbonyl (C=S) groups is 1. The van der Waals surface area contributed by atoms with Crippen LogP contribution in [0.2, 0.25) is 0 Å². The second kappa shape index (κ2) is 17.7. The van der Waals surface area contributed by atoms with E-state index in [2.05, 4.69) is 39.7 Å². The van der Waals surface area contributed by atoms with Gasteiger partial charge in [0, 0.05) is 35.9 Å². The number of halogens is 3. The van der Waals surface area contributed by atoms with Crippen LogP contribution in [0.5, 0.6) is 0 Å². The van der Waals surface area contributed by atoms with E-state index in [9.17, 15) is 32.3 Å². The largest absolute Gasteiger partial charge is 0.419 e. The lowest BCUT2D eigenvalue weighted by atomic mass is 9.89. The minimum Gasteiger partial charge on any atom is -0.376 e. The molecule has 1 saturated carbocycles. The van der Waals surface area contributed by atoms with Gasteiger partial charge in [0.2, 0.25) is 17.7 Å². The van der Waals surface area contributed by atoms with Gasteiger partial charge in [0.15, 0.2) is 10.8 Å². The molecule has 14 nitrogen and oxygen atoms in total. The zero-order valence-corrected chi connectivity index (χ0v) is 33.8. The number of hydrogen-bond acceptors (Lipinski definition) is 11. The summed E-state index contributed by atoms with van der Waals surface area (Å²) >= 11 is 5.70. The summed E-state index contributed by atoms with van der Waals surface area (Å²) < 4.78 is 53.5. The van der Waals surface area contributed by atoms with Gasteiger partial charge in [-0.25, -0.2) is 4.98 Å². The van der Waals surface area contributed by atoms with E-state index in [-0.39, 0.29) is 71.8 Å². The highest BCUT2D eigenvalue weighted by molar-refractivity contribution is 7.80. The van der Waals surface area contributed by atoms with Crippen LogP contribution < -0.4 is 20.9 Å². The van der Waals surface area contributed by atoms with E-state index < -0.39 is 34.9 Å². The molecule has 1 aromatic carbocycles. The number of carbonyl (C=O) groups excluding carboxylic acids is 4. The number of alkyl halides is 3. The number of rotatable bonds is 12. The zero-order chi connectivity index (χ0) is 41.9. The standard InChI is InChI=1S/C40H49F3N8O6S/c1-23-16-30(17-24(2)49(23)22-35(53)47-26-7-5-6-25(18-26)46-32-12-13-34(52)48-36(32)54)57-15-14-56-29-10-8-27(9-11-29)51-38(58)50(37(55)39(51,3)4)28-19-31(40(41,42)43)33(20-44)45-21-28/h5-7,18-19,21,23-24,27,29-30,32,46H,8-17,22H2,1-4H3,(H,47,53)(H,48,52,54)/t23-,24+,27-,29-,30?,32?. The number of hydrogen-bond donors (Lipinski definition) is 3. The summed E-state index contributed by atoms with van der Waals surface area (Å²) in [6.45, 7) is 8.61. The van der Waals surface area contributed by atoms with Crippen molar-refractivity contribution in [3.63, 3.8) is 0 Å². The lowest BCUT2D eigenvalue weighted by Gasteiger charge is -2.42. The highest BCUT2D eigenvalue weighted by Crippen LogP contribution is 2.40. The van der Waals surface area contributed by atoms with E-state index in [1.54, 1.807) is 38.1 Å². The molecule has 3 N–H and O–H groups in total. The fourth-order valence-corrected chi connectivity index (χ4v) is 9.09. The minimum absolute atomic E-state index is 0.0103. The normalized spacial score (nSPS) is 26.7. The maximum Gasteiger partial charge on any atom is 0.419 e. The first-order valence-electron chi connectivity index (χ1n) is 19.6. The average Bonchev–Trinajstić information content (AvgIpc) is 3.34. The fourth-order valence-electron chi connectivity index (χ4n) is 8.53. The third-order valence-electron chi connectivity index (χ3n) is 11.5. The Morgan fingerprint density at radius 3 is 2.31 bits per heavy atom. The number of nitrogens with one attached hydrogen (secondary N) is 3. The number of ether oxygens (including phenoxy) is 2. The van der Waals surface area contributed by atoms with E-state index >= 15 is 0 Å². The van der Waals surface area contributed by atoms with Gasteiger partial charge in [-0.05, 0) is 109 Å². The first-order chi connectivity index (χ1) is 27.5. The molecule has 0 radical (unpaired) electrons. The number of piperidine rings is 2. The molecule has 6 rings (SSSR count). The first kappa shape index (κ1) is 42.9. The van der Waals surface area contributed by atoms with Crippen LogP contribution in [0.4, 0.5) is 30.2 Å². The molecule has 18 heteroatoms. The highest BCUT2D eigenvalue weighted by Gasteiger charge is 2.53. The van der Waals surface area contributed by atoms with Crippen molar-refractivity contribution >= 4 is 58.0 Å². The Bertz CT molecular complexity index is 1940. The summed E-state index contributed by atoms with van der Waals surface area (Å²) in [5.74, 6) is -1.26. The summed E-state index contributed by atoms with van der Waals surface area (Å²) in [4.78, 5) is 59.0. The molecular formula is C40H49F3N8O6S. The van der Waals surface area contributed by atoms with Gasteiger partial charge in [0.05, 0.1) is 49.4 Å². The number of benzene rings is 1. The average molecular weight is 827 g/mol. The Kier molecular flexibility index (Phi) is 13.1. The predicted octanol–water partition coefficient (Wildman–Crippen LogP) is 5.13. The summed E-state index contributed by atoms with van der Waals surface area (Å²) in [6, 6.07) is 8.90. The molecular weight excluding hydrogens is 778 g/mol. The summed E-state index contributed by atoms with van der Waals surface area (Å²) in [5, 5.41) is 17.7. The van der Waals surface area contributed by atoms with E-state index in [0.29, 0.717) is 56.7 Å². The second-order valence-electron chi connectivity index (χ2n) is 16.0. The van der Waals surface area contributed by atoms with E-state index in [0.717, 1.165) is 30.0 Å². The Balaban J connectivity index is 0.919. The second-order valence-corrected chi connectivity index (χ2v) is 16.3. The lowest BCUT2D eigenvalue weighted by molar-refractivity contribution is -0.138. The number of likely N-dealkylation sites (tertiary alicyclic amines) is 1. The molecule has 0 bridgehead atoms. The number of nitrogens with zero attached hydrogens (tertiary/aromatic N) is 5. The maximum absolute atomic E-state index is 13.7. The van der Waals surface area contributed by atoms with E-state index in [1.165, 1.54) is 6.07 Å². The molecule has 4 heterocycles. The van der Waals surface area contributed by atoms with E-state index in [1.807, 2.05) is 4.90 Å². The molecule has 1 aromatic heterocycles. The Hall–Kier alpha value is -4.70. The van der Waals surface area contributed by atoms with Crippen LogP contribution in [0, 0.1) is 11.3 Å². The molecule has 58 heavy (non-hydrogen) atoms. The third-order valence-corrected chi connectivity index (χ3v) is 11.8. The molecule has 0 spiro atoms. The molecule has 3 saturated heterocycles. The number of carbonyl (C=O) groups is 4. The number of imide groups is 1. The smallest absolute Gasteiger partial charge is 0.376 e. The van der Waals surface area contributed by atoms with Gasteiger partial charge in [-0.1, -0.05) is 6.07 Å². The first-order valence-corrected chi connectivity index (χ1v) is 20.0. The SMILES string of the molecule is C[C@@H]1CC(OCCO[C@H]2CC[C@H](N3C(=S)N(c4cnc(C#N)c(C(F)(F)F)c4)C(=O)C3(C)C)CC2)C[C@H](C)N1CC(=O)Nc1cccc(NC2CCC(=O)NC2=O)c1. The van der Waals surface area contributed by atoms with E-state index in [4.69, 9.17) is 27.0 Å². The van der Waals surface area contributed by atoms with Gasteiger partial charge in [0.1, 0.15) is 17.6 Å². The number of pyridine rings is 1. The highest BCUT2D eigenvalue weighted by atomic mass is 32.1. The minimum atomic E-state index is -4.83. The molecule has 2 aromatic rings. The Morgan fingerprint density at radius 2 is 1.67 bits per heavy atom. The number of nitriles is 1. The number of amides is 4. The van der Waals surface area contributed by atoms with Crippen LogP contribution in [0.1, 0.15) is 90.3 Å². The molecule has 4 atom stereocenters. The quantitative estimate of drug-likeness (QED) is 0.147. The zero-order valence-electron chi connectivity index (χ0n) is 32.9. The van der Waals surface area contributed by atoms with Crippen LogP contribution in [-0.4, -0.2) is 105 Å². The van der Waals surface area contributed by atoms with Crippen molar-refractivity contribution in [1.82, 2.24) is 20.1 Å². The topological polar surface area (TPSA) is 169 Å². The van der Waals surface area contributed by atoms with Gasteiger partial charge < -0.3 is 25.0 Å². The monoisotopic (exact) mass is 826 g/mol. The van der Waals surface area contributed by atoms with Crippen LogP contribution in [0.3, 0.4) is 0 Å². The van der Waals surface area contributed by atoms with Crippen LogP contribution in [0.15, 0.2) is 36.5 Å². The fraction of sp³-hybridized carbons (Fsp3) is 0.575. The van der Waals surface area contributed by atoms with Crippen molar-refractivity contribution < 1.29 is 41.8 Å². The van der Waals surface area contributed by atoms with Crippen LogP contribution in [-0.2, 0) is 34.8 Å². The van der Waals surface area contributed by atoms with Crippen molar-refractivity contribution in [1.29, 1.82) is 5.26 Å². The molecule has 4 aliphatic rings. The van der Waals surface area contributed by atoms with Crippen LogP contribution >= 0.6 is 12.2 Å². The molecule has 4 amide bonds. The van der Waals surface area contributed by atoms with Gasteiger partial charge in [-0.15, -0.1) is 0 Å². The Labute approximate surface area is 340 Å². The van der Waals surface area contributed by atoms with Crippen molar-refractivity contribution in [2.45, 2.75) is 127 Å². The third kappa shape index (κ3) is 9.60. The molecule has 1 aliphatic carbocycles. The molecule has 3 aliphatic heterocycles. The summed E-state index contributed by atoms with van der Waals surface area (Å²) in [7, 11) is 0. The van der Waals surface area contributed by atoms with Crippen molar-refractivity contribution in [2.75, 3.05) is 35.3 Å². The predicted molar refractivity (Wildman–Crippen MR) is 211 cm³/mol. The lowest BCUT2D eigenvalue weighted by Crippen LogP contribution is -2.51. The van der Waals surface area contributed by atoms with Crippen molar-refractivity contribution in [3.05, 3.63) is 47.8 Å². The van der Waals surface area contributed by atoms with Crippen molar-refractivity contribution in [2.24, 2.45) is 0 Å². The van der Waals surface area contributed by atoms with Crippen molar-refractivity contribution in [3.8, 4) is 6.07 Å². The van der Waals surface area contributed by atoms with Gasteiger partial charge in [0.25, 0.3) is 5.91 Å². The van der Waals surface area contributed by atoms with Gasteiger partial charge in [-0.3, -0.25) is 34.3 Å². The molecule has 4 fully saturated rings. The molecule has 312 valence electrons. The van der Waals surface area contributed by atoms with Gasteiger partial charge in [-0.2, -0.15) is 18.4 Å². The molecule has 2 unspecified atom stereocenters.